The molecule has 1 aliphatic carbocycles. The van der Waals surface area contributed by atoms with Crippen molar-refractivity contribution in [3.05, 3.63) is 57.3 Å². The van der Waals surface area contributed by atoms with Gasteiger partial charge in [-0.3, -0.25) is 4.79 Å². The largest absolute Gasteiger partial charge is 0.504 e. The maximum absolute atomic E-state index is 14.9. The van der Waals surface area contributed by atoms with Crippen LogP contribution in [0.2, 0.25) is 0 Å². The molecule has 0 unspecified atom stereocenters. The molecular weight excluding hydrogens is 468 g/mol. The van der Waals surface area contributed by atoms with Crippen molar-refractivity contribution in [2.24, 2.45) is 0 Å². The smallest absolute Gasteiger partial charge is 0.413 e. The van der Waals surface area contributed by atoms with Crippen LogP contribution in [0.4, 0.5) is 17.6 Å². The highest BCUT2D eigenvalue weighted by Gasteiger charge is 2.41. The molecule has 4 rings (SSSR count). The average molecular weight is 485 g/mol. The third kappa shape index (κ3) is 3.92. The van der Waals surface area contributed by atoms with Crippen LogP contribution < -0.4 is 0 Å². The molecule has 0 fully saturated rings. The molecule has 2 aromatic rings. The number of benzene rings is 1. The van der Waals surface area contributed by atoms with E-state index in [0.29, 0.717) is 25.0 Å². The van der Waals surface area contributed by atoms with Crippen molar-refractivity contribution in [1.29, 1.82) is 0 Å². The number of carboxylic acids is 1. The molecule has 0 spiro atoms. The van der Waals surface area contributed by atoms with Crippen LogP contribution in [0.15, 0.2) is 34.4 Å². The van der Waals surface area contributed by atoms with E-state index in [1.807, 2.05) is 0 Å². The summed E-state index contributed by atoms with van der Waals surface area (Å²) in [4.78, 5) is 28.6. The number of hydrogen-bond donors (Lipinski definition) is 2. The van der Waals surface area contributed by atoms with Crippen LogP contribution in [-0.2, 0) is 13.0 Å². The van der Waals surface area contributed by atoms with Gasteiger partial charge in [0.05, 0.1) is 11.3 Å². The zero-order chi connectivity index (χ0) is 24.1. The second kappa shape index (κ2) is 8.33. The molecule has 0 amide bonds. The van der Waals surface area contributed by atoms with Crippen molar-refractivity contribution in [3.63, 3.8) is 0 Å². The predicted octanol–water partition coefficient (Wildman–Crippen LogP) is 5.39. The van der Waals surface area contributed by atoms with Crippen LogP contribution in [0.5, 0.6) is 5.75 Å². The molecule has 6 nitrogen and oxygen atoms in total. The molecule has 0 bridgehead atoms. The summed E-state index contributed by atoms with van der Waals surface area (Å²) in [7, 11) is 0. The minimum absolute atomic E-state index is 0.0344. The van der Waals surface area contributed by atoms with Crippen molar-refractivity contribution in [3.8, 4) is 17.0 Å². The Morgan fingerprint density at radius 2 is 1.88 bits per heavy atom. The summed E-state index contributed by atoms with van der Waals surface area (Å²) in [5.41, 5.74) is -2.24. The first-order valence-corrected chi connectivity index (χ1v) is 10.5. The number of halogens is 5. The Balaban J connectivity index is 1.91. The summed E-state index contributed by atoms with van der Waals surface area (Å²) in [5, 5.41) is 18.7. The number of ketones is 1. The Morgan fingerprint density at radius 1 is 1.15 bits per heavy atom. The second-order valence-corrected chi connectivity index (χ2v) is 8.15. The van der Waals surface area contributed by atoms with Crippen molar-refractivity contribution in [2.45, 2.75) is 44.8 Å². The predicted molar refractivity (Wildman–Crippen MR) is 110 cm³/mol. The van der Waals surface area contributed by atoms with Gasteiger partial charge in [-0.1, -0.05) is 17.7 Å². The highest BCUT2D eigenvalue weighted by Crippen LogP contribution is 2.41. The maximum atomic E-state index is 14.9. The number of phenols is 1. The second-order valence-electron chi connectivity index (χ2n) is 7.74. The van der Waals surface area contributed by atoms with Gasteiger partial charge < -0.3 is 14.8 Å². The third-order valence-electron chi connectivity index (χ3n) is 5.75. The molecule has 2 aliphatic rings. The molecule has 1 aromatic heterocycles. The molecule has 2 heterocycles. The molecule has 11 heteroatoms. The molecule has 1 aliphatic heterocycles. The Hall–Kier alpha value is -3.14. The van der Waals surface area contributed by atoms with Crippen molar-refractivity contribution >= 4 is 23.4 Å². The number of carbonyl (C=O) groups excluding carboxylic acids is 1. The van der Waals surface area contributed by atoms with Gasteiger partial charge in [0.1, 0.15) is 5.56 Å². The highest BCUT2D eigenvalue weighted by atomic mass is 35.5. The van der Waals surface area contributed by atoms with Crippen LogP contribution >= 0.6 is 11.6 Å². The molecule has 1 aromatic carbocycles. The first-order valence-electron chi connectivity index (χ1n) is 10.1. The van der Waals surface area contributed by atoms with E-state index in [9.17, 15) is 32.3 Å². The molecule has 0 saturated carbocycles. The SMILES string of the molecule is O=C(O)c1ccc(-c2nc(C(=O)C3=C(C(F)(F)F)CCC=C3Cl)n3c2CCCC3)c(F)c1O. The molecule has 174 valence electrons. The summed E-state index contributed by atoms with van der Waals surface area (Å²) < 4.78 is 57.1. The van der Waals surface area contributed by atoms with Gasteiger partial charge >= 0.3 is 12.1 Å². The summed E-state index contributed by atoms with van der Waals surface area (Å²) in [6, 6.07) is 2.11. The lowest BCUT2D eigenvalue weighted by Crippen LogP contribution is -2.23. The van der Waals surface area contributed by atoms with Gasteiger partial charge in [0, 0.05) is 28.4 Å². The number of hydrogen-bond acceptors (Lipinski definition) is 4. The number of aromatic hydroxyl groups is 1. The molecular formula is C22H17ClF4N2O4. The Bertz CT molecular complexity index is 1240. The lowest BCUT2D eigenvalue weighted by molar-refractivity contribution is -0.0947. The number of nitrogens with zero attached hydrogens (tertiary/aromatic N) is 2. The number of Topliss-reactive ketones (excluding diaryl/α,β-unsaturated/α-hetero) is 1. The Morgan fingerprint density at radius 3 is 2.55 bits per heavy atom. The first-order chi connectivity index (χ1) is 15.5. The lowest BCUT2D eigenvalue weighted by atomic mass is 9.93. The minimum atomic E-state index is -4.76. The number of fused-ring (bicyclic) bond motifs is 1. The molecule has 0 atom stereocenters. The maximum Gasteiger partial charge on any atom is 0.413 e. The molecule has 33 heavy (non-hydrogen) atoms. The molecule has 2 N–H and O–H groups in total. The molecule has 0 radical (unpaired) electrons. The fraction of sp³-hybridized carbons (Fsp3) is 0.318. The third-order valence-corrected chi connectivity index (χ3v) is 6.09. The van der Waals surface area contributed by atoms with E-state index in [-0.39, 0.29) is 35.1 Å². The van der Waals surface area contributed by atoms with Gasteiger partial charge in [0.2, 0.25) is 5.78 Å². The van der Waals surface area contributed by atoms with E-state index in [1.54, 1.807) is 0 Å². The lowest BCUT2D eigenvalue weighted by Gasteiger charge is -2.21. The van der Waals surface area contributed by atoms with Crippen LogP contribution in [0, 0.1) is 5.82 Å². The van der Waals surface area contributed by atoms with E-state index in [2.05, 4.69) is 4.98 Å². The van der Waals surface area contributed by atoms with Gasteiger partial charge in [0.15, 0.2) is 17.4 Å². The standard InChI is InChI=1S/C22H17ClF4N2O4/c23-13-5-3-4-12(22(25,26)27)15(13)19(31)20-28-17(14-6-1-2-9-29(14)20)10-7-8-11(21(32)33)18(30)16(10)24/h5,7-8,30H,1-4,6,9H2,(H,32,33). The highest BCUT2D eigenvalue weighted by molar-refractivity contribution is 6.36. The zero-order valence-electron chi connectivity index (χ0n) is 17.0. The van der Waals surface area contributed by atoms with E-state index in [0.717, 1.165) is 12.1 Å². The van der Waals surface area contributed by atoms with Gasteiger partial charge in [-0.15, -0.1) is 0 Å². The topological polar surface area (TPSA) is 92.4 Å². The summed E-state index contributed by atoms with van der Waals surface area (Å²) in [5.74, 6) is -5.21. The van der Waals surface area contributed by atoms with E-state index < -0.39 is 52.6 Å². The zero-order valence-corrected chi connectivity index (χ0v) is 17.7. The summed E-state index contributed by atoms with van der Waals surface area (Å²) >= 11 is 6.02. The van der Waals surface area contributed by atoms with Crippen LogP contribution in [0.25, 0.3) is 11.3 Å². The van der Waals surface area contributed by atoms with Gasteiger partial charge in [-0.05, 0) is 44.2 Å². The Kier molecular flexibility index (Phi) is 5.81. The number of aromatic carboxylic acids is 1. The van der Waals surface area contributed by atoms with Gasteiger partial charge in [-0.25, -0.2) is 14.2 Å². The summed E-state index contributed by atoms with van der Waals surface area (Å²) in [6.45, 7) is 0.278. The fourth-order valence-electron chi connectivity index (χ4n) is 4.21. The van der Waals surface area contributed by atoms with Crippen LogP contribution in [-0.4, -0.2) is 37.7 Å². The van der Waals surface area contributed by atoms with Crippen molar-refractivity contribution in [1.82, 2.24) is 9.55 Å². The molecule has 0 saturated heterocycles. The van der Waals surface area contributed by atoms with Crippen molar-refractivity contribution < 1.29 is 37.4 Å². The number of allylic oxidation sites excluding steroid dienone is 4. The monoisotopic (exact) mass is 484 g/mol. The number of carbonyl (C=O) groups is 2. The average Bonchev–Trinajstić information content (AvgIpc) is 3.13. The van der Waals surface area contributed by atoms with Crippen LogP contribution in [0.1, 0.15) is 52.4 Å². The van der Waals surface area contributed by atoms with Crippen molar-refractivity contribution in [2.75, 3.05) is 0 Å². The number of carboxylic acid groups (broad SMARTS) is 1. The van der Waals surface area contributed by atoms with Gasteiger partial charge in [0.25, 0.3) is 0 Å². The summed E-state index contributed by atoms with van der Waals surface area (Å²) in [6.07, 6.45) is -2.12. The first kappa shape index (κ1) is 23.0. The quantitative estimate of drug-likeness (QED) is 0.448. The van der Waals surface area contributed by atoms with Crippen LogP contribution in [0.3, 0.4) is 0 Å². The number of aromatic nitrogens is 2. The minimum Gasteiger partial charge on any atom is -0.504 e. The van der Waals surface area contributed by atoms with Gasteiger partial charge in [-0.2, -0.15) is 13.2 Å². The van der Waals surface area contributed by atoms with E-state index in [4.69, 9.17) is 16.7 Å². The fourth-order valence-corrected chi connectivity index (χ4v) is 4.52. The number of rotatable bonds is 4. The van der Waals surface area contributed by atoms with E-state index in [1.165, 1.54) is 10.6 Å². The Labute approximate surface area is 189 Å². The number of alkyl halides is 3. The van der Waals surface area contributed by atoms with E-state index >= 15 is 0 Å². The normalized spacial score (nSPS) is 16.5. The number of imidazole rings is 1.